The lowest BCUT2D eigenvalue weighted by Gasteiger charge is -2.38. The van der Waals surface area contributed by atoms with Crippen molar-refractivity contribution < 1.29 is 51.7 Å². The smallest absolute Gasteiger partial charge is 0.249 e. The highest BCUT2D eigenvalue weighted by molar-refractivity contribution is 8.14. The van der Waals surface area contributed by atoms with Crippen LogP contribution in [0.3, 0.4) is 0 Å². The highest BCUT2D eigenvalue weighted by atomic mass is 32.2. The predicted octanol–water partition coefficient (Wildman–Crippen LogP) is 5.82. The number of likely N-dealkylation sites (N-methyl/N-ethyl adjacent to an activating group) is 1. The fourth-order valence-electron chi connectivity index (χ4n) is 10.0. The molecule has 0 saturated carbocycles. The third kappa shape index (κ3) is 14.9. The quantitative estimate of drug-likeness (QED) is 0.0408. The Morgan fingerprint density at radius 2 is 1.48 bits per heavy atom. The molecule has 2 saturated heterocycles. The molecule has 0 radical (unpaired) electrons. The summed E-state index contributed by atoms with van der Waals surface area (Å²) in [4.78, 5) is 83.1. The van der Waals surface area contributed by atoms with E-state index in [-0.39, 0.29) is 73.2 Å². The van der Waals surface area contributed by atoms with Crippen LogP contribution in [0.1, 0.15) is 66.2 Å². The molecule has 0 bridgehead atoms. The first-order valence-corrected chi connectivity index (χ1v) is 28.1. The van der Waals surface area contributed by atoms with Gasteiger partial charge in [0, 0.05) is 83.4 Å². The molecular weight excluding hydrogens is 1050 g/mol. The van der Waals surface area contributed by atoms with Crippen molar-refractivity contribution in [2.45, 2.75) is 76.2 Å². The van der Waals surface area contributed by atoms with Crippen LogP contribution in [0.4, 0.5) is 8.78 Å². The van der Waals surface area contributed by atoms with E-state index in [1.165, 1.54) is 52.8 Å². The zero-order valence-corrected chi connectivity index (χ0v) is 45.7. The minimum Gasteiger partial charge on any atom is -0.379 e. The molecule has 7 heterocycles. The van der Waals surface area contributed by atoms with Crippen molar-refractivity contribution in [3.8, 4) is 22.3 Å². The molecule has 23 heteroatoms. The minimum absolute atomic E-state index is 0.0473. The van der Waals surface area contributed by atoms with Crippen LogP contribution in [-0.2, 0) is 39.9 Å². The molecule has 80 heavy (non-hydrogen) atoms. The van der Waals surface area contributed by atoms with Crippen molar-refractivity contribution in [3.05, 3.63) is 115 Å². The number of aromatic nitrogens is 6. The van der Waals surface area contributed by atoms with Gasteiger partial charge in [0.2, 0.25) is 23.6 Å². The largest absolute Gasteiger partial charge is 0.379 e. The molecule has 1 unspecified atom stereocenters. The molecule has 424 valence electrons. The summed E-state index contributed by atoms with van der Waals surface area (Å²) in [6.07, 6.45) is 13.4. The number of thioether (sulfide) groups is 1. The van der Waals surface area contributed by atoms with E-state index in [2.05, 4.69) is 30.8 Å². The lowest BCUT2D eigenvalue weighted by Crippen LogP contribution is -2.58. The van der Waals surface area contributed by atoms with Gasteiger partial charge < -0.3 is 44.4 Å². The van der Waals surface area contributed by atoms with Crippen LogP contribution >= 0.6 is 11.8 Å². The number of carbonyl (C=O) groups is 5. The number of aliphatic imine (C=N–C) groups is 1. The molecular formula is C57H67F2N11O9S. The molecule has 4 atom stereocenters. The number of carbonyl (C=O) groups excluding carboxylic acids is 5. The zero-order chi connectivity index (χ0) is 56.0. The number of piperidine rings is 1. The minimum atomic E-state index is -0.796. The van der Waals surface area contributed by atoms with E-state index >= 15 is 0 Å². The third-order valence-corrected chi connectivity index (χ3v) is 15.8. The summed E-state index contributed by atoms with van der Waals surface area (Å²) in [5, 5.41) is 16.3. The fraction of sp³-hybridized carbons (Fsp3) is 0.456. The molecule has 20 nitrogen and oxygen atoms in total. The summed E-state index contributed by atoms with van der Waals surface area (Å²) in [6, 6.07) is 11.6. The molecule has 9 rings (SSSR count). The number of likely N-dealkylation sites (tertiary alicyclic amines) is 2. The number of pyridine rings is 1. The maximum absolute atomic E-state index is 14.4. The van der Waals surface area contributed by atoms with E-state index in [4.69, 9.17) is 23.9 Å². The summed E-state index contributed by atoms with van der Waals surface area (Å²) in [5.41, 5.74) is 5.21. The number of ether oxygens (including phenoxy) is 4. The number of benzene rings is 2. The highest BCUT2D eigenvalue weighted by Crippen LogP contribution is 2.34. The Kier molecular flexibility index (Phi) is 20.1. The Hall–Kier alpha value is -7.02. The van der Waals surface area contributed by atoms with Crippen molar-refractivity contribution >= 4 is 57.3 Å². The number of Topliss-reactive ketones (excluding diaryl/α,β-unsaturated/α-hetero) is 1. The molecule has 3 amide bonds. The molecule has 4 aromatic heterocycles. The van der Waals surface area contributed by atoms with Crippen LogP contribution in [-0.4, -0.2) is 183 Å². The second-order valence-corrected chi connectivity index (χ2v) is 21.0. The van der Waals surface area contributed by atoms with E-state index in [9.17, 15) is 32.8 Å². The van der Waals surface area contributed by atoms with Crippen LogP contribution in [0.5, 0.6) is 0 Å². The second-order valence-electron chi connectivity index (χ2n) is 20.0. The predicted molar refractivity (Wildman–Crippen MR) is 296 cm³/mol. The van der Waals surface area contributed by atoms with Crippen LogP contribution in [0.2, 0.25) is 0 Å². The molecule has 3 aliphatic heterocycles. The number of ketones is 1. The van der Waals surface area contributed by atoms with Crippen LogP contribution < -0.4 is 10.6 Å². The Balaban J connectivity index is 0.620. The lowest BCUT2D eigenvalue weighted by molar-refractivity contribution is -0.140. The van der Waals surface area contributed by atoms with Crippen molar-refractivity contribution in [3.63, 3.8) is 0 Å². The molecule has 6 aromatic rings. The van der Waals surface area contributed by atoms with Crippen molar-refractivity contribution in [1.82, 2.24) is 50.0 Å². The summed E-state index contributed by atoms with van der Waals surface area (Å²) in [7, 11) is 1.68. The van der Waals surface area contributed by atoms with Gasteiger partial charge in [-0.2, -0.15) is 10.2 Å². The number of amides is 3. The van der Waals surface area contributed by atoms with Gasteiger partial charge >= 0.3 is 0 Å². The van der Waals surface area contributed by atoms with Crippen LogP contribution in [0, 0.1) is 17.6 Å². The number of hydrogen-bond acceptors (Lipinski definition) is 15. The van der Waals surface area contributed by atoms with Crippen molar-refractivity contribution in [2.75, 3.05) is 85.3 Å². The molecule has 2 aromatic carbocycles. The van der Waals surface area contributed by atoms with Gasteiger partial charge in [-0.05, 0) is 93.6 Å². The highest BCUT2D eigenvalue weighted by Gasteiger charge is 2.43. The number of halogens is 2. The van der Waals surface area contributed by atoms with Gasteiger partial charge in [-0.1, -0.05) is 12.1 Å². The summed E-state index contributed by atoms with van der Waals surface area (Å²) in [5.74, 6) is -1.41. The van der Waals surface area contributed by atoms with Crippen molar-refractivity contribution in [1.29, 1.82) is 0 Å². The van der Waals surface area contributed by atoms with Gasteiger partial charge in [-0.25, -0.2) is 18.4 Å². The molecule has 2 fully saturated rings. The van der Waals surface area contributed by atoms with Crippen molar-refractivity contribution in [2.24, 2.45) is 10.9 Å². The fourth-order valence-corrected chi connectivity index (χ4v) is 11.2. The number of hydrogen-bond donors (Lipinski definition) is 3. The first kappa shape index (κ1) is 57.7. The summed E-state index contributed by atoms with van der Waals surface area (Å²) >= 11 is 1.46. The van der Waals surface area contributed by atoms with E-state index in [1.54, 1.807) is 59.3 Å². The van der Waals surface area contributed by atoms with Crippen LogP contribution in [0.25, 0.3) is 33.3 Å². The van der Waals surface area contributed by atoms with E-state index in [1.807, 2.05) is 24.5 Å². The first-order chi connectivity index (χ1) is 38.9. The Morgan fingerprint density at radius 1 is 0.775 bits per heavy atom. The number of nitrogens with zero attached hydrogens (tertiary/aromatic N) is 8. The number of nitrogens with one attached hydrogen (secondary N) is 3. The number of rotatable bonds is 27. The Morgan fingerprint density at radius 3 is 2.19 bits per heavy atom. The van der Waals surface area contributed by atoms with E-state index < -0.39 is 23.9 Å². The Labute approximate surface area is 466 Å². The molecule has 0 aliphatic carbocycles. The SMILES string of the molecule is CN[C@@H](C)C(=O)N[C@H](C(=O)N1CCC[C@H]1C1=NC(C(=O)c2ccc(F)cc2)CS1)C1CCN(C(=O)CCOCCOCCOCCOCCC(=O)n2cc(-c3cnc4[nH]cc(-c5cnn(Cc6cccc(F)c6)c5)c4c3)cn2)CC1. The number of fused-ring (bicyclic) bond motifs is 1. The normalized spacial score (nSPS) is 17.5. The van der Waals surface area contributed by atoms with Gasteiger partial charge in [-0.15, -0.1) is 11.8 Å². The summed E-state index contributed by atoms with van der Waals surface area (Å²) < 4.78 is 52.8. The zero-order valence-electron chi connectivity index (χ0n) is 44.9. The monoisotopic (exact) mass is 1120 g/mol. The van der Waals surface area contributed by atoms with Gasteiger partial charge in [0.15, 0.2) is 5.78 Å². The molecule has 3 aliphatic rings. The number of H-pyrrole nitrogens is 1. The standard InChI is InChI=1S/C57H67F2N11O9S/c1-37(60-2)55(74)66-52(57(75)69-16-4-7-49(69)56-65-48(36-80-56)53(73)40-8-10-44(58)11-9-40)39-12-17-67(18-13-39)50(71)14-19-76-21-23-78-25-26-79-24-22-77-20-15-51(72)70-35-42(30-64-70)41-28-46-47(32-62-54(46)61-29-41)43-31-63-68(34-43)33-38-5-3-6-45(59)27-38/h3,5-6,8-11,27-32,34-35,37,39,48-49,52,60H,4,7,12-26,33,36H2,1-2H3,(H,61,62)(H,66,74)/t37-,48?,49-,52-/m0/s1. The van der Waals surface area contributed by atoms with Gasteiger partial charge in [0.05, 0.1) is 102 Å². The first-order valence-electron chi connectivity index (χ1n) is 27.1. The topological polar surface area (TPSA) is 229 Å². The lowest BCUT2D eigenvalue weighted by atomic mass is 9.88. The van der Waals surface area contributed by atoms with E-state index in [0.717, 1.165) is 44.7 Å². The van der Waals surface area contributed by atoms with Gasteiger partial charge in [0.25, 0.3) is 0 Å². The maximum Gasteiger partial charge on any atom is 0.249 e. The number of aromatic amines is 1. The van der Waals surface area contributed by atoms with E-state index in [0.29, 0.717) is 102 Å². The van der Waals surface area contributed by atoms with Crippen LogP contribution in [0.15, 0.2) is 96.8 Å². The third-order valence-electron chi connectivity index (χ3n) is 14.6. The molecule has 3 N–H and O–H groups in total. The summed E-state index contributed by atoms with van der Waals surface area (Å²) in [6.45, 7) is 5.92. The average Bonchev–Trinajstić information content (AvgIpc) is 4.36. The Bertz CT molecular complexity index is 3120. The van der Waals surface area contributed by atoms with Gasteiger partial charge in [-0.3, -0.25) is 33.6 Å². The average molecular weight is 1120 g/mol. The maximum atomic E-state index is 14.4. The second kappa shape index (κ2) is 27.9. The molecule has 0 spiro atoms. The van der Waals surface area contributed by atoms with Gasteiger partial charge in [0.1, 0.15) is 29.4 Å².